The zero-order chi connectivity index (χ0) is 21.5. The molecule has 0 saturated carbocycles. The molecular formula is C23H29N5O2S. The highest BCUT2D eigenvalue weighted by Crippen LogP contribution is 2.32. The van der Waals surface area contributed by atoms with Crippen molar-refractivity contribution in [1.82, 2.24) is 15.2 Å². The molecule has 0 aliphatic carbocycles. The molecule has 7 nitrogen and oxygen atoms in total. The Morgan fingerprint density at radius 3 is 2.65 bits per heavy atom. The topological polar surface area (TPSA) is 77.6 Å². The number of urea groups is 1. The Labute approximate surface area is 187 Å². The van der Waals surface area contributed by atoms with Crippen LogP contribution < -0.4 is 15.5 Å². The van der Waals surface area contributed by atoms with Crippen LogP contribution in [0.1, 0.15) is 24.8 Å². The summed E-state index contributed by atoms with van der Waals surface area (Å²) < 4.78 is 0. The number of aromatic nitrogens is 1. The Hall–Kier alpha value is -2.58. The lowest BCUT2D eigenvalue weighted by molar-refractivity contribution is -0.120. The van der Waals surface area contributed by atoms with E-state index in [4.69, 9.17) is 0 Å². The molecule has 0 atom stereocenters. The van der Waals surface area contributed by atoms with Crippen LogP contribution in [-0.4, -0.2) is 60.3 Å². The SMILES string of the molecule is O=C(Cc1ccc(NC(=O)N2CCSc3ncccc32)cc1)NCCN1CCCCC1. The Balaban J connectivity index is 1.24. The number of likely N-dealkylation sites (tertiary alicyclic amines) is 1. The lowest BCUT2D eigenvalue weighted by atomic mass is 10.1. The van der Waals surface area contributed by atoms with Gasteiger partial charge in [-0.05, 0) is 55.8 Å². The number of rotatable bonds is 6. The van der Waals surface area contributed by atoms with Gasteiger partial charge in [-0.15, -0.1) is 11.8 Å². The van der Waals surface area contributed by atoms with Gasteiger partial charge in [0.25, 0.3) is 0 Å². The molecule has 2 aliphatic heterocycles. The second kappa shape index (κ2) is 10.6. The number of carbonyl (C=O) groups is 2. The molecule has 1 aromatic carbocycles. The first-order valence-electron chi connectivity index (χ1n) is 10.9. The van der Waals surface area contributed by atoms with E-state index in [9.17, 15) is 9.59 Å². The fourth-order valence-electron chi connectivity index (χ4n) is 3.95. The minimum Gasteiger partial charge on any atom is -0.355 e. The molecule has 1 aromatic heterocycles. The van der Waals surface area contributed by atoms with Gasteiger partial charge in [0.1, 0.15) is 5.03 Å². The van der Waals surface area contributed by atoms with E-state index in [1.54, 1.807) is 22.9 Å². The average Bonchev–Trinajstić information content (AvgIpc) is 2.80. The first-order chi connectivity index (χ1) is 15.2. The van der Waals surface area contributed by atoms with Gasteiger partial charge in [-0.2, -0.15) is 0 Å². The number of fused-ring (bicyclic) bond motifs is 1. The van der Waals surface area contributed by atoms with Crippen LogP contribution in [0.5, 0.6) is 0 Å². The number of nitrogens with zero attached hydrogens (tertiary/aromatic N) is 3. The van der Waals surface area contributed by atoms with Crippen molar-refractivity contribution in [2.45, 2.75) is 30.7 Å². The molecule has 0 spiro atoms. The zero-order valence-corrected chi connectivity index (χ0v) is 18.5. The summed E-state index contributed by atoms with van der Waals surface area (Å²) in [5, 5.41) is 6.84. The summed E-state index contributed by atoms with van der Waals surface area (Å²) in [4.78, 5) is 33.5. The van der Waals surface area contributed by atoms with Crippen LogP contribution >= 0.6 is 11.8 Å². The lowest BCUT2D eigenvalue weighted by Gasteiger charge is -2.28. The van der Waals surface area contributed by atoms with Gasteiger partial charge < -0.3 is 15.5 Å². The number of amides is 3. The van der Waals surface area contributed by atoms with E-state index in [0.29, 0.717) is 25.2 Å². The lowest BCUT2D eigenvalue weighted by Crippen LogP contribution is -2.38. The van der Waals surface area contributed by atoms with E-state index in [2.05, 4.69) is 20.5 Å². The minimum absolute atomic E-state index is 0.0312. The van der Waals surface area contributed by atoms with E-state index in [0.717, 1.165) is 41.7 Å². The number of pyridine rings is 1. The minimum atomic E-state index is -0.169. The standard InChI is InChI=1S/C23H29N5O2S/c29-21(24-11-14-27-12-2-1-3-13-27)17-18-6-8-19(9-7-18)26-23(30)28-15-16-31-22-20(28)5-4-10-25-22/h4-10H,1-3,11-17H2,(H,24,29)(H,26,30). The summed E-state index contributed by atoms with van der Waals surface area (Å²) in [6, 6.07) is 11.1. The van der Waals surface area contributed by atoms with E-state index >= 15 is 0 Å². The number of hydrogen-bond donors (Lipinski definition) is 2. The molecule has 1 fully saturated rings. The van der Waals surface area contributed by atoms with E-state index in [1.165, 1.54) is 19.3 Å². The van der Waals surface area contributed by atoms with Gasteiger partial charge >= 0.3 is 6.03 Å². The van der Waals surface area contributed by atoms with Crippen molar-refractivity contribution >= 4 is 35.1 Å². The van der Waals surface area contributed by atoms with Gasteiger partial charge in [0, 0.05) is 37.3 Å². The predicted molar refractivity (Wildman–Crippen MR) is 125 cm³/mol. The van der Waals surface area contributed by atoms with E-state index in [-0.39, 0.29) is 11.9 Å². The van der Waals surface area contributed by atoms with E-state index < -0.39 is 0 Å². The van der Waals surface area contributed by atoms with Crippen LogP contribution in [0.2, 0.25) is 0 Å². The van der Waals surface area contributed by atoms with Gasteiger partial charge in [0.05, 0.1) is 12.1 Å². The van der Waals surface area contributed by atoms with Crippen molar-refractivity contribution in [2.75, 3.05) is 48.7 Å². The first kappa shape index (κ1) is 21.6. The predicted octanol–water partition coefficient (Wildman–Crippen LogP) is 3.37. The number of hydrogen-bond acceptors (Lipinski definition) is 5. The molecule has 1 saturated heterocycles. The number of nitrogens with one attached hydrogen (secondary N) is 2. The summed E-state index contributed by atoms with van der Waals surface area (Å²) in [7, 11) is 0. The highest BCUT2D eigenvalue weighted by molar-refractivity contribution is 7.99. The number of carbonyl (C=O) groups excluding carboxylic acids is 2. The summed E-state index contributed by atoms with van der Waals surface area (Å²) in [6.45, 7) is 4.54. The summed E-state index contributed by atoms with van der Waals surface area (Å²) in [5.41, 5.74) is 2.48. The summed E-state index contributed by atoms with van der Waals surface area (Å²) in [6.07, 6.45) is 5.93. The maximum absolute atomic E-state index is 12.8. The Bertz CT molecular complexity index is 899. The van der Waals surface area contributed by atoms with Gasteiger partial charge in [-0.3, -0.25) is 9.69 Å². The third-order valence-electron chi connectivity index (χ3n) is 5.61. The van der Waals surface area contributed by atoms with Crippen molar-refractivity contribution in [3.05, 3.63) is 48.2 Å². The van der Waals surface area contributed by atoms with E-state index in [1.807, 2.05) is 36.4 Å². The van der Waals surface area contributed by atoms with Crippen LogP contribution in [0.4, 0.5) is 16.2 Å². The fourth-order valence-corrected chi connectivity index (χ4v) is 4.87. The molecule has 0 unspecified atom stereocenters. The molecule has 2 N–H and O–H groups in total. The monoisotopic (exact) mass is 439 g/mol. The number of benzene rings is 1. The summed E-state index contributed by atoms with van der Waals surface area (Å²) in [5.74, 6) is 0.854. The fraction of sp³-hybridized carbons (Fsp3) is 0.435. The third-order valence-corrected chi connectivity index (χ3v) is 6.58. The highest BCUT2D eigenvalue weighted by Gasteiger charge is 2.23. The molecule has 2 aromatic rings. The molecular weight excluding hydrogens is 410 g/mol. The van der Waals surface area contributed by atoms with Crippen LogP contribution in [0.3, 0.4) is 0 Å². The molecule has 0 radical (unpaired) electrons. The third kappa shape index (κ3) is 5.98. The number of thioether (sulfide) groups is 1. The number of piperidine rings is 1. The Morgan fingerprint density at radius 1 is 1.03 bits per heavy atom. The quantitative estimate of drug-likeness (QED) is 0.722. The van der Waals surface area contributed by atoms with Crippen molar-refractivity contribution in [3.63, 3.8) is 0 Å². The van der Waals surface area contributed by atoms with Crippen molar-refractivity contribution in [2.24, 2.45) is 0 Å². The largest absolute Gasteiger partial charge is 0.355 e. The first-order valence-corrected chi connectivity index (χ1v) is 11.9. The van der Waals surface area contributed by atoms with Gasteiger partial charge in [0.2, 0.25) is 5.91 Å². The molecule has 31 heavy (non-hydrogen) atoms. The second-order valence-electron chi connectivity index (χ2n) is 7.88. The molecule has 4 rings (SSSR count). The maximum Gasteiger partial charge on any atom is 0.326 e. The highest BCUT2D eigenvalue weighted by atomic mass is 32.2. The summed E-state index contributed by atoms with van der Waals surface area (Å²) >= 11 is 1.66. The van der Waals surface area contributed by atoms with Crippen LogP contribution in [0, 0.1) is 0 Å². The van der Waals surface area contributed by atoms with Crippen LogP contribution in [0.15, 0.2) is 47.6 Å². The van der Waals surface area contributed by atoms with Crippen molar-refractivity contribution < 1.29 is 9.59 Å². The molecule has 164 valence electrons. The molecule has 3 heterocycles. The maximum atomic E-state index is 12.8. The molecule has 3 amide bonds. The van der Waals surface area contributed by atoms with Crippen molar-refractivity contribution in [3.8, 4) is 0 Å². The Morgan fingerprint density at radius 2 is 1.84 bits per heavy atom. The van der Waals surface area contributed by atoms with Gasteiger partial charge in [-0.25, -0.2) is 9.78 Å². The second-order valence-corrected chi connectivity index (χ2v) is 8.97. The average molecular weight is 440 g/mol. The van der Waals surface area contributed by atoms with Gasteiger partial charge in [-0.1, -0.05) is 18.6 Å². The molecule has 8 heteroatoms. The zero-order valence-electron chi connectivity index (χ0n) is 17.7. The molecule has 2 aliphatic rings. The Kier molecular flexibility index (Phi) is 7.43. The van der Waals surface area contributed by atoms with Crippen LogP contribution in [0.25, 0.3) is 0 Å². The normalized spacial score (nSPS) is 16.5. The molecule has 0 bridgehead atoms. The number of anilines is 2. The van der Waals surface area contributed by atoms with Gasteiger partial charge in [0.15, 0.2) is 0 Å². The smallest absolute Gasteiger partial charge is 0.326 e. The van der Waals surface area contributed by atoms with Crippen LogP contribution in [-0.2, 0) is 11.2 Å². The van der Waals surface area contributed by atoms with Crippen molar-refractivity contribution in [1.29, 1.82) is 0 Å².